The zero-order chi connectivity index (χ0) is 9.68. The minimum Gasteiger partial charge on any atom is -0.463 e. The minimum absolute atomic E-state index is 0. The summed E-state index contributed by atoms with van der Waals surface area (Å²) in [7, 11) is 0. The van der Waals surface area contributed by atoms with Crippen molar-refractivity contribution in [2.24, 2.45) is 5.10 Å². The molecule has 0 bridgehead atoms. The van der Waals surface area contributed by atoms with Crippen LogP contribution in [0.25, 0.3) is 0 Å². The summed E-state index contributed by atoms with van der Waals surface area (Å²) in [6.07, 6.45) is -0.157. The summed E-state index contributed by atoms with van der Waals surface area (Å²) in [5.41, 5.74) is 0.304. The molecular weight excluding hydrogens is 208 g/mol. The van der Waals surface area contributed by atoms with Crippen LogP contribution in [-0.4, -0.2) is 17.3 Å². The molecule has 6 heteroatoms. The van der Waals surface area contributed by atoms with Crippen LogP contribution in [0.3, 0.4) is 0 Å². The molecule has 1 amide bonds. The molecule has 1 aromatic rings. The number of carbonyl (C=O) groups is 1. The number of isocyanates is 1. The molecule has 5 nitrogen and oxygen atoms in total. The van der Waals surface area contributed by atoms with Crippen molar-refractivity contribution in [3.05, 3.63) is 30.3 Å². The highest BCUT2D eigenvalue weighted by molar-refractivity contribution is 5.86. The Morgan fingerprint density at radius 1 is 1.36 bits per heavy atom. The van der Waals surface area contributed by atoms with Gasteiger partial charge in [0.15, 0.2) is 0 Å². The van der Waals surface area contributed by atoms with Gasteiger partial charge in [0.25, 0.3) is 6.08 Å². The summed E-state index contributed by atoms with van der Waals surface area (Å²) in [6, 6.07) is 8.06. The Balaban J connectivity index is 0.00000169. The molecule has 0 aliphatic carbocycles. The second-order valence-electron chi connectivity index (χ2n) is 2.12. The first-order chi connectivity index (χ1) is 6.25. The number of para-hydroxylation sites is 1. The number of rotatable bonds is 2. The second kappa shape index (κ2) is 5.75. The monoisotopic (exact) mass is 214 g/mol. The summed E-state index contributed by atoms with van der Waals surface area (Å²) < 4.78 is 0. The van der Waals surface area contributed by atoms with Gasteiger partial charge in [0.05, 0.1) is 5.69 Å². The quantitative estimate of drug-likeness (QED) is 0.464. The molecule has 0 aliphatic rings. The second-order valence-corrected chi connectivity index (χ2v) is 2.12. The third-order valence-corrected chi connectivity index (χ3v) is 1.32. The van der Waals surface area contributed by atoms with E-state index in [2.05, 4.69) is 5.10 Å². The maximum atomic E-state index is 10.5. The van der Waals surface area contributed by atoms with Crippen LogP contribution in [0.4, 0.5) is 10.5 Å². The van der Waals surface area contributed by atoms with Gasteiger partial charge in [-0.25, -0.2) is 9.59 Å². The van der Waals surface area contributed by atoms with E-state index in [1.54, 1.807) is 18.2 Å². The first kappa shape index (κ1) is 12.2. The average Bonchev–Trinajstić information content (AvgIpc) is 2.15. The maximum Gasteiger partial charge on any atom is 0.433 e. The number of hydrogen-bond donors (Lipinski definition) is 1. The zero-order valence-corrected chi connectivity index (χ0v) is 7.77. The molecule has 0 fully saturated rings. The highest BCUT2D eigenvalue weighted by atomic mass is 35.5. The van der Waals surface area contributed by atoms with Crippen molar-refractivity contribution in [1.82, 2.24) is 0 Å². The fourth-order valence-electron chi connectivity index (χ4n) is 0.821. The Morgan fingerprint density at radius 2 is 1.93 bits per heavy atom. The van der Waals surface area contributed by atoms with E-state index in [1.165, 1.54) is 18.2 Å². The molecule has 0 saturated heterocycles. The normalized spacial score (nSPS) is 8.00. The van der Waals surface area contributed by atoms with Crippen LogP contribution in [0.1, 0.15) is 0 Å². The molecule has 0 aliphatic heterocycles. The molecule has 1 N–H and O–H groups in total. The van der Waals surface area contributed by atoms with Gasteiger partial charge < -0.3 is 5.11 Å². The first-order valence-electron chi connectivity index (χ1n) is 3.41. The van der Waals surface area contributed by atoms with Gasteiger partial charge in [-0.2, -0.15) is 5.01 Å². The van der Waals surface area contributed by atoms with Crippen LogP contribution in [0.15, 0.2) is 35.4 Å². The van der Waals surface area contributed by atoms with Gasteiger partial charge in [-0.15, -0.1) is 12.4 Å². The van der Waals surface area contributed by atoms with E-state index in [0.717, 1.165) is 0 Å². The standard InChI is InChI=1S/C8H6N2O3.ClH/c11-6-9-10(8(12)13)7-4-2-1-3-5-7;/h1-5H,(H,12,13);1H. The van der Waals surface area contributed by atoms with Crippen molar-refractivity contribution in [2.45, 2.75) is 0 Å². The lowest BCUT2D eigenvalue weighted by atomic mass is 10.3. The molecule has 1 rings (SSSR count). The molecule has 1 aromatic carbocycles. The van der Waals surface area contributed by atoms with Crippen molar-refractivity contribution < 1.29 is 14.7 Å². The van der Waals surface area contributed by atoms with E-state index in [4.69, 9.17) is 5.11 Å². The van der Waals surface area contributed by atoms with Gasteiger partial charge >= 0.3 is 6.09 Å². The third-order valence-electron chi connectivity index (χ3n) is 1.32. The van der Waals surface area contributed by atoms with Crippen LogP contribution in [0, 0.1) is 0 Å². The Labute approximate surface area is 86.1 Å². The van der Waals surface area contributed by atoms with Gasteiger partial charge in [-0.1, -0.05) is 23.3 Å². The number of anilines is 1. The SMILES string of the molecule is Cl.O=C=NN(C(=O)O)c1ccccc1. The topological polar surface area (TPSA) is 70.0 Å². The summed E-state index contributed by atoms with van der Waals surface area (Å²) in [5.74, 6) is 0. The average molecular weight is 215 g/mol. The van der Waals surface area contributed by atoms with Gasteiger partial charge in [0.2, 0.25) is 0 Å². The van der Waals surface area contributed by atoms with Crippen LogP contribution in [0.2, 0.25) is 0 Å². The van der Waals surface area contributed by atoms with E-state index >= 15 is 0 Å². The fourth-order valence-corrected chi connectivity index (χ4v) is 0.821. The Hall–Kier alpha value is -1.84. The van der Waals surface area contributed by atoms with E-state index in [9.17, 15) is 9.59 Å². The molecule has 0 atom stereocenters. The van der Waals surface area contributed by atoms with Crippen molar-refractivity contribution in [3.8, 4) is 0 Å². The Kier molecular flexibility index (Phi) is 4.99. The van der Waals surface area contributed by atoms with Crippen molar-refractivity contribution in [2.75, 3.05) is 5.01 Å². The lowest BCUT2D eigenvalue weighted by Crippen LogP contribution is -2.22. The summed E-state index contributed by atoms with van der Waals surface area (Å²) in [5, 5.41) is 12.2. The van der Waals surface area contributed by atoms with Crippen LogP contribution in [-0.2, 0) is 4.79 Å². The molecule has 0 unspecified atom stereocenters. The molecule has 0 spiro atoms. The third kappa shape index (κ3) is 2.90. The molecule has 0 saturated carbocycles. The largest absolute Gasteiger partial charge is 0.463 e. The van der Waals surface area contributed by atoms with Gasteiger partial charge in [0, 0.05) is 0 Å². The summed E-state index contributed by atoms with van der Waals surface area (Å²) in [6.45, 7) is 0. The summed E-state index contributed by atoms with van der Waals surface area (Å²) >= 11 is 0. The molecule has 0 heterocycles. The smallest absolute Gasteiger partial charge is 0.433 e. The van der Waals surface area contributed by atoms with Crippen LogP contribution >= 0.6 is 12.4 Å². The zero-order valence-electron chi connectivity index (χ0n) is 6.95. The van der Waals surface area contributed by atoms with E-state index < -0.39 is 6.09 Å². The summed E-state index contributed by atoms with van der Waals surface area (Å²) in [4.78, 5) is 20.4. The lowest BCUT2D eigenvalue weighted by Gasteiger charge is -2.09. The number of benzene rings is 1. The maximum absolute atomic E-state index is 10.5. The van der Waals surface area contributed by atoms with Gasteiger partial charge in [0.1, 0.15) is 0 Å². The van der Waals surface area contributed by atoms with Crippen molar-refractivity contribution >= 4 is 30.3 Å². The number of hydrazone groups is 1. The minimum atomic E-state index is -1.32. The van der Waals surface area contributed by atoms with Gasteiger partial charge in [-0.05, 0) is 12.1 Å². The Bertz CT molecular complexity index is 347. The fraction of sp³-hybridized carbons (Fsp3) is 0. The molecule has 0 radical (unpaired) electrons. The predicted molar refractivity (Wildman–Crippen MR) is 52.3 cm³/mol. The molecular formula is C8H7ClN2O3. The number of halogens is 1. The number of hydrogen-bond acceptors (Lipinski definition) is 3. The number of nitrogens with zero attached hydrogens (tertiary/aromatic N) is 2. The number of carbonyl (C=O) groups excluding carboxylic acids is 1. The molecule has 14 heavy (non-hydrogen) atoms. The lowest BCUT2D eigenvalue weighted by molar-refractivity contribution is 0.202. The van der Waals surface area contributed by atoms with Gasteiger partial charge in [-0.3, -0.25) is 0 Å². The first-order valence-corrected chi connectivity index (χ1v) is 3.41. The van der Waals surface area contributed by atoms with E-state index in [-0.39, 0.29) is 12.4 Å². The highest BCUT2D eigenvalue weighted by Gasteiger charge is 2.11. The highest BCUT2D eigenvalue weighted by Crippen LogP contribution is 2.12. The van der Waals surface area contributed by atoms with E-state index in [1.807, 2.05) is 0 Å². The van der Waals surface area contributed by atoms with Crippen LogP contribution < -0.4 is 5.01 Å². The number of amides is 1. The van der Waals surface area contributed by atoms with Crippen LogP contribution in [0.5, 0.6) is 0 Å². The predicted octanol–water partition coefficient (Wildman–Crippen LogP) is 1.84. The number of carboxylic acid groups (broad SMARTS) is 1. The van der Waals surface area contributed by atoms with E-state index in [0.29, 0.717) is 10.7 Å². The molecule has 74 valence electrons. The Morgan fingerprint density at radius 3 is 2.36 bits per heavy atom. The molecule has 0 aromatic heterocycles. The van der Waals surface area contributed by atoms with Crippen molar-refractivity contribution in [1.29, 1.82) is 0 Å². The van der Waals surface area contributed by atoms with Crippen molar-refractivity contribution in [3.63, 3.8) is 0 Å².